The number of nitrogens with one attached hydrogen (secondary N) is 1. The summed E-state index contributed by atoms with van der Waals surface area (Å²) in [5.74, 6) is -0.266. The Labute approximate surface area is 113 Å². The number of amides is 2. The molecule has 1 unspecified atom stereocenters. The van der Waals surface area contributed by atoms with Crippen molar-refractivity contribution in [1.82, 2.24) is 4.90 Å². The minimum Gasteiger partial charge on any atom is -0.465 e. The Morgan fingerprint density at radius 1 is 1.33 bits per heavy atom. The molecule has 1 atom stereocenters. The Morgan fingerprint density at radius 3 is 2.61 bits per heavy atom. The van der Waals surface area contributed by atoms with Gasteiger partial charge < -0.3 is 10.4 Å². The third-order valence-electron chi connectivity index (χ3n) is 2.91. The van der Waals surface area contributed by atoms with Gasteiger partial charge in [-0.05, 0) is 37.1 Å². The van der Waals surface area contributed by atoms with Gasteiger partial charge in [0.15, 0.2) is 0 Å². The first-order valence-electron chi connectivity index (χ1n) is 5.64. The molecule has 2 amide bonds. The zero-order chi connectivity index (χ0) is 13.1. The molecule has 1 aliphatic heterocycles. The zero-order valence-electron chi connectivity index (χ0n) is 9.60. The molecule has 1 saturated heterocycles. The molecule has 5 nitrogen and oxygen atoms in total. The summed E-state index contributed by atoms with van der Waals surface area (Å²) in [7, 11) is 0. The average molecular weight is 313 g/mol. The zero-order valence-corrected chi connectivity index (χ0v) is 11.2. The first-order chi connectivity index (χ1) is 8.58. The number of nitrogens with zero attached hydrogens (tertiary/aromatic N) is 1. The average Bonchev–Trinajstić information content (AvgIpc) is 2.81. The first-order valence-corrected chi connectivity index (χ1v) is 6.43. The maximum absolute atomic E-state index is 12.0. The molecule has 0 aromatic heterocycles. The van der Waals surface area contributed by atoms with Crippen molar-refractivity contribution in [2.75, 3.05) is 11.9 Å². The number of carbonyl (C=O) groups excluding carboxylic acids is 1. The third kappa shape index (κ3) is 2.81. The fourth-order valence-corrected chi connectivity index (χ4v) is 2.29. The molecule has 0 saturated carbocycles. The molecular weight excluding hydrogens is 300 g/mol. The van der Waals surface area contributed by atoms with Gasteiger partial charge in [-0.25, -0.2) is 4.79 Å². The molecular formula is C12H13BrN2O3. The summed E-state index contributed by atoms with van der Waals surface area (Å²) in [6.07, 6.45) is 0.266. The molecule has 96 valence electrons. The number of rotatable bonds is 2. The van der Waals surface area contributed by atoms with Crippen LogP contribution in [0, 0.1) is 0 Å². The maximum Gasteiger partial charge on any atom is 0.407 e. The molecule has 0 bridgehead atoms. The molecule has 6 heteroatoms. The van der Waals surface area contributed by atoms with Crippen molar-refractivity contribution in [3.63, 3.8) is 0 Å². The topological polar surface area (TPSA) is 69.6 Å². The fourth-order valence-electron chi connectivity index (χ4n) is 2.03. The number of anilines is 1. The second-order valence-electron chi connectivity index (χ2n) is 4.13. The van der Waals surface area contributed by atoms with Crippen molar-refractivity contribution in [1.29, 1.82) is 0 Å². The number of hydrogen-bond donors (Lipinski definition) is 2. The second-order valence-corrected chi connectivity index (χ2v) is 5.05. The Balaban J connectivity index is 2.03. The third-order valence-corrected chi connectivity index (χ3v) is 3.44. The Morgan fingerprint density at radius 2 is 2.00 bits per heavy atom. The van der Waals surface area contributed by atoms with Gasteiger partial charge in [0.2, 0.25) is 5.91 Å². The molecule has 1 aliphatic rings. The van der Waals surface area contributed by atoms with Gasteiger partial charge in [0, 0.05) is 16.7 Å². The predicted octanol–water partition coefficient (Wildman–Crippen LogP) is 2.53. The van der Waals surface area contributed by atoms with Gasteiger partial charge in [0.05, 0.1) is 0 Å². The van der Waals surface area contributed by atoms with Crippen molar-refractivity contribution in [2.45, 2.75) is 18.9 Å². The maximum atomic E-state index is 12.0. The molecule has 2 N–H and O–H groups in total. The van der Waals surface area contributed by atoms with Crippen LogP contribution in [0.2, 0.25) is 0 Å². The van der Waals surface area contributed by atoms with E-state index >= 15 is 0 Å². The van der Waals surface area contributed by atoms with Crippen molar-refractivity contribution < 1.29 is 14.7 Å². The number of hydrogen-bond acceptors (Lipinski definition) is 2. The van der Waals surface area contributed by atoms with Crippen molar-refractivity contribution in [3.05, 3.63) is 28.7 Å². The molecule has 1 aromatic carbocycles. The standard InChI is InChI=1S/C12H13BrN2O3/c13-8-3-5-9(6-4-8)14-11(16)10-2-1-7-15(10)12(17)18/h3-6,10H,1-2,7H2,(H,14,16)(H,17,18). The highest BCUT2D eigenvalue weighted by molar-refractivity contribution is 9.10. The normalized spacial score (nSPS) is 18.7. The molecule has 0 spiro atoms. The van der Waals surface area contributed by atoms with Gasteiger partial charge in [-0.15, -0.1) is 0 Å². The quantitative estimate of drug-likeness (QED) is 0.881. The lowest BCUT2D eigenvalue weighted by Gasteiger charge is -2.20. The Kier molecular flexibility index (Phi) is 3.86. The van der Waals surface area contributed by atoms with Crippen LogP contribution in [-0.2, 0) is 4.79 Å². The van der Waals surface area contributed by atoms with Gasteiger partial charge in [0.1, 0.15) is 6.04 Å². The van der Waals surface area contributed by atoms with Crippen LogP contribution in [0.15, 0.2) is 28.7 Å². The van der Waals surface area contributed by atoms with Gasteiger partial charge in [-0.2, -0.15) is 0 Å². The van der Waals surface area contributed by atoms with Crippen LogP contribution in [0.4, 0.5) is 10.5 Å². The highest BCUT2D eigenvalue weighted by Gasteiger charge is 2.33. The number of benzene rings is 1. The van der Waals surface area contributed by atoms with E-state index in [1.165, 1.54) is 4.90 Å². The largest absolute Gasteiger partial charge is 0.465 e. The van der Waals surface area contributed by atoms with E-state index in [4.69, 9.17) is 5.11 Å². The lowest BCUT2D eigenvalue weighted by molar-refractivity contribution is -0.119. The van der Waals surface area contributed by atoms with Crippen LogP contribution in [0.1, 0.15) is 12.8 Å². The van der Waals surface area contributed by atoms with Gasteiger partial charge in [0.25, 0.3) is 0 Å². The monoisotopic (exact) mass is 312 g/mol. The van der Waals surface area contributed by atoms with E-state index in [1.807, 2.05) is 12.1 Å². The number of likely N-dealkylation sites (tertiary alicyclic amines) is 1. The summed E-state index contributed by atoms with van der Waals surface area (Å²) in [5, 5.41) is 11.7. The lowest BCUT2D eigenvalue weighted by atomic mass is 10.2. The van der Waals surface area contributed by atoms with Crippen LogP contribution in [0.3, 0.4) is 0 Å². The number of halogens is 1. The summed E-state index contributed by atoms with van der Waals surface area (Å²) in [5.41, 5.74) is 0.667. The van der Waals surface area contributed by atoms with Crippen molar-refractivity contribution in [2.24, 2.45) is 0 Å². The van der Waals surface area contributed by atoms with E-state index in [1.54, 1.807) is 12.1 Å². The van der Waals surface area contributed by atoms with Crippen LogP contribution in [0.25, 0.3) is 0 Å². The molecule has 1 heterocycles. The molecule has 1 aromatic rings. The first kappa shape index (κ1) is 12.9. The van der Waals surface area contributed by atoms with E-state index in [-0.39, 0.29) is 5.91 Å². The predicted molar refractivity (Wildman–Crippen MR) is 70.5 cm³/mol. The molecule has 2 rings (SSSR count). The lowest BCUT2D eigenvalue weighted by Crippen LogP contribution is -2.42. The highest BCUT2D eigenvalue weighted by atomic mass is 79.9. The SMILES string of the molecule is O=C(Nc1ccc(Br)cc1)C1CCCN1C(=O)O. The van der Waals surface area contributed by atoms with Crippen LogP contribution < -0.4 is 5.32 Å². The van der Waals surface area contributed by atoms with Crippen LogP contribution in [-0.4, -0.2) is 34.6 Å². The van der Waals surface area contributed by atoms with Gasteiger partial charge in [-0.3, -0.25) is 9.69 Å². The number of carboxylic acid groups (broad SMARTS) is 1. The highest BCUT2D eigenvalue weighted by Crippen LogP contribution is 2.20. The summed E-state index contributed by atoms with van der Waals surface area (Å²) in [4.78, 5) is 24.1. The molecule has 1 fully saturated rings. The van der Waals surface area contributed by atoms with E-state index in [0.717, 1.165) is 10.9 Å². The smallest absolute Gasteiger partial charge is 0.407 e. The van der Waals surface area contributed by atoms with Gasteiger partial charge >= 0.3 is 6.09 Å². The minimum atomic E-state index is -1.04. The Bertz CT molecular complexity index is 461. The van der Waals surface area contributed by atoms with E-state index in [9.17, 15) is 9.59 Å². The minimum absolute atomic E-state index is 0.266. The van der Waals surface area contributed by atoms with Crippen LogP contribution in [0.5, 0.6) is 0 Å². The second kappa shape index (κ2) is 5.39. The molecule has 0 radical (unpaired) electrons. The van der Waals surface area contributed by atoms with Crippen molar-refractivity contribution in [3.8, 4) is 0 Å². The summed E-state index contributed by atoms with van der Waals surface area (Å²) < 4.78 is 0.925. The molecule has 18 heavy (non-hydrogen) atoms. The van der Waals surface area contributed by atoms with Crippen LogP contribution >= 0.6 is 15.9 Å². The summed E-state index contributed by atoms with van der Waals surface area (Å²) in [6, 6.07) is 6.59. The van der Waals surface area contributed by atoms with E-state index < -0.39 is 12.1 Å². The van der Waals surface area contributed by atoms with Gasteiger partial charge in [-0.1, -0.05) is 15.9 Å². The van der Waals surface area contributed by atoms with E-state index in [0.29, 0.717) is 18.7 Å². The Hall–Kier alpha value is -1.56. The van der Waals surface area contributed by atoms with Crippen molar-refractivity contribution >= 4 is 33.6 Å². The van der Waals surface area contributed by atoms with E-state index in [2.05, 4.69) is 21.2 Å². The number of carbonyl (C=O) groups is 2. The fraction of sp³-hybridized carbons (Fsp3) is 0.333. The molecule has 0 aliphatic carbocycles. The summed E-state index contributed by atoms with van der Waals surface area (Å²) >= 11 is 3.31. The summed E-state index contributed by atoms with van der Waals surface area (Å²) in [6.45, 7) is 0.424.